The molecule has 0 radical (unpaired) electrons. The molecule has 12 aromatic rings. The Labute approximate surface area is 421 Å². The Morgan fingerprint density at radius 2 is 0.792 bits per heavy atom. The van der Waals surface area contributed by atoms with E-state index in [1.807, 2.05) is 0 Å². The van der Waals surface area contributed by atoms with Gasteiger partial charge in [0.15, 0.2) is 0 Å². The number of nitrogens with zero attached hydrogens (tertiary/aromatic N) is 2. The van der Waals surface area contributed by atoms with Crippen LogP contribution in [0, 0.1) is 0 Å². The van der Waals surface area contributed by atoms with Crippen LogP contribution in [-0.2, 0) is 10.8 Å². The second-order valence-corrected chi connectivity index (χ2v) is 20.0. The van der Waals surface area contributed by atoms with Gasteiger partial charge in [-0.3, -0.25) is 0 Å². The van der Waals surface area contributed by atoms with E-state index in [1.165, 1.54) is 105 Å². The fourth-order valence-corrected chi connectivity index (χ4v) is 12.6. The molecule has 14 rings (SSSR count). The highest BCUT2D eigenvalue weighted by Gasteiger charge is 2.46. The third kappa shape index (κ3) is 6.22. The highest BCUT2D eigenvalue weighted by Crippen LogP contribution is 2.58. The average Bonchev–Trinajstić information content (AvgIpc) is 4.02. The number of hydrogen-bond acceptors (Lipinski definition) is 1. The second kappa shape index (κ2) is 16.3. The van der Waals surface area contributed by atoms with Crippen LogP contribution in [0.5, 0.6) is 0 Å². The summed E-state index contributed by atoms with van der Waals surface area (Å²) >= 11 is 0. The topological polar surface area (TPSA) is 8.17 Å². The summed E-state index contributed by atoms with van der Waals surface area (Å²) in [6, 6.07) is 99.0. The average molecular weight is 919 g/mol. The van der Waals surface area contributed by atoms with Gasteiger partial charge in [-0.05, 0) is 127 Å². The lowest BCUT2D eigenvalue weighted by Gasteiger charge is -2.34. The number of hydrogen-bond donors (Lipinski definition) is 0. The molecule has 0 fully saturated rings. The van der Waals surface area contributed by atoms with E-state index >= 15 is 0 Å². The van der Waals surface area contributed by atoms with Crippen LogP contribution in [0.15, 0.2) is 267 Å². The molecule has 0 amide bonds. The van der Waals surface area contributed by atoms with Crippen LogP contribution in [0.3, 0.4) is 0 Å². The summed E-state index contributed by atoms with van der Waals surface area (Å²) in [4.78, 5) is 2.51. The lowest BCUT2D eigenvalue weighted by Crippen LogP contribution is -2.28. The Morgan fingerprint density at radius 3 is 1.47 bits per heavy atom. The Bertz CT molecular complexity index is 3960. The Kier molecular flexibility index (Phi) is 9.50. The maximum atomic E-state index is 2.51. The fourth-order valence-electron chi connectivity index (χ4n) is 12.6. The van der Waals surface area contributed by atoms with Gasteiger partial charge in [0.25, 0.3) is 0 Å². The Morgan fingerprint density at radius 1 is 0.319 bits per heavy atom. The summed E-state index contributed by atoms with van der Waals surface area (Å²) in [6.45, 7) is 4.81. The fraction of sp³-hybridized carbons (Fsp3) is 0.0571. The van der Waals surface area contributed by atoms with Crippen LogP contribution < -0.4 is 4.90 Å². The van der Waals surface area contributed by atoms with Crippen molar-refractivity contribution >= 4 is 38.9 Å². The van der Waals surface area contributed by atoms with Crippen LogP contribution in [0.2, 0.25) is 0 Å². The molecule has 0 N–H and O–H groups in total. The first-order chi connectivity index (χ1) is 35.5. The predicted molar refractivity (Wildman–Crippen MR) is 301 cm³/mol. The summed E-state index contributed by atoms with van der Waals surface area (Å²) < 4.78 is 2.44. The number of aromatic nitrogens is 1. The molecule has 1 heterocycles. The summed E-state index contributed by atoms with van der Waals surface area (Å²) in [6.07, 6.45) is 0. The van der Waals surface area contributed by atoms with Crippen molar-refractivity contribution in [3.05, 3.63) is 300 Å². The second-order valence-electron chi connectivity index (χ2n) is 20.0. The summed E-state index contributed by atoms with van der Waals surface area (Å²) in [7, 11) is 0. The lowest BCUT2D eigenvalue weighted by atomic mass is 9.68. The first-order valence-electron chi connectivity index (χ1n) is 25.2. The van der Waals surface area contributed by atoms with Gasteiger partial charge in [-0.15, -0.1) is 0 Å². The van der Waals surface area contributed by atoms with Gasteiger partial charge in [0, 0.05) is 38.8 Å². The van der Waals surface area contributed by atoms with Crippen molar-refractivity contribution in [2.45, 2.75) is 24.7 Å². The molecule has 11 aromatic carbocycles. The van der Waals surface area contributed by atoms with Gasteiger partial charge in [0.2, 0.25) is 0 Å². The van der Waals surface area contributed by atoms with Crippen LogP contribution in [0.1, 0.15) is 47.2 Å². The molecule has 0 saturated carbocycles. The molecule has 2 nitrogen and oxygen atoms in total. The van der Waals surface area contributed by atoms with Gasteiger partial charge in [0.05, 0.1) is 22.1 Å². The minimum Gasteiger partial charge on any atom is -0.310 e. The molecule has 72 heavy (non-hydrogen) atoms. The zero-order valence-electron chi connectivity index (χ0n) is 40.3. The molecule has 0 aliphatic heterocycles. The first-order valence-corrected chi connectivity index (χ1v) is 25.2. The van der Waals surface area contributed by atoms with Crippen LogP contribution in [-0.4, -0.2) is 4.57 Å². The standard InChI is InChI=1S/C70H50N2/c1-69(2)64-45-53(38-41-57(64)58-42-39-54(46-65(58)69)72-67-32-18-14-28-59(67)60-29-15-19-33-68(60)72)71(66-31-17-13-26-55(66)49-36-34-48(35-37-49)47-20-6-3-7-21-47)52-40-43-63-61(44-52)56-27-12-16-30-62(56)70(63,50-22-8-4-9-23-50)51-24-10-5-11-25-51/h3-46H,1-2H3. The molecule has 2 aliphatic rings. The normalized spacial score (nSPS) is 13.6. The summed E-state index contributed by atoms with van der Waals surface area (Å²) in [5.74, 6) is 0. The molecule has 0 atom stereocenters. The zero-order chi connectivity index (χ0) is 48.0. The number of rotatable bonds is 8. The van der Waals surface area contributed by atoms with E-state index in [2.05, 4.69) is 290 Å². The van der Waals surface area contributed by atoms with Gasteiger partial charge >= 0.3 is 0 Å². The number of para-hydroxylation sites is 3. The van der Waals surface area contributed by atoms with Crippen molar-refractivity contribution in [1.29, 1.82) is 0 Å². The summed E-state index contributed by atoms with van der Waals surface area (Å²) in [5, 5.41) is 2.54. The molecule has 2 heteroatoms. The minimum absolute atomic E-state index is 0.282. The van der Waals surface area contributed by atoms with Crippen molar-refractivity contribution in [3.8, 4) is 50.2 Å². The third-order valence-electron chi connectivity index (χ3n) is 15.9. The van der Waals surface area contributed by atoms with Crippen molar-refractivity contribution < 1.29 is 0 Å². The molecular formula is C70H50N2. The number of benzene rings is 11. The summed E-state index contributed by atoms with van der Waals surface area (Å²) in [5.41, 5.74) is 23.8. The van der Waals surface area contributed by atoms with E-state index in [9.17, 15) is 0 Å². The monoisotopic (exact) mass is 918 g/mol. The van der Waals surface area contributed by atoms with Gasteiger partial charge < -0.3 is 9.47 Å². The van der Waals surface area contributed by atoms with E-state index in [4.69, 9.17) is 0 Å². The zero-order valence-corrected chi connectivity index (χ0v) is 40.3. The first kappa shape index (κ1) is 41.9. The van der Waals surface area contributed by atoms with Crippen LogP contribution >= 0.6 is 0 Å². The molecule has 0 saturated heterocycles. The largest absolute Gasteiger partial charge is 0.310 e. The molecule has 0 spiro atoms. The predicted octanol–water partition coefficient (Wildman–Crippen LogP) is 18.3. The SMILES string of the molecule is CC1(C)c2cc(N(c3ccc4c(c3)-c3ccccc3C4(c3ccccc3)c3ccccc3)c3ccccc3-c3ccc(-c4ccccc4)cc3)ccc2-c2ccc(-n3c4ccccc4c4ccccc43)cc21. The third-order valence-corrected chi connectivity index (χ3v) is 15.9. The molecule has 0 bridgehead atoms. The van der Waals surface area contributed by atoms with Gasteiger partial charge in [-0.1, -0.05) is 226 Å². The van der Waals surface area contributed by atoms with E-state index in [-0.39, 0.29) is 5.41 Å². The van der Waals surface area contributed by atoms with E-state index in [0.29, 0.717) is 0 Å². The van der Waals surface area contributed by atoms with E-state index < -0.39 is 5.41 Å². The number of fused-ring (bicyclic) bond motifs is 9. The van der Waals surface area contributed by atoms with Gasteiger partial charge in [0.1, 0.15) is 0 Å². The van der Waals surface area contributed by atoms with Crippen LogP contribution in [0.4, 0.5) is 17.1 Å². The molecule has 0 unspecified atom stereocenters. The lowest BCUT2D eigenvalue weighted by molar-refractivity contribution is 0.660. The Balaban J connectivity index is 0.956. The Hall–Kier alpha value is -8.98. The number of anilines is 3. The minimum atomic E-state index is -0.488. The molecular weight excluding hydrogens is 869 g/mol. The van der Waals surface area contributed by atoms with Gasteiger partial charge in [-0.2, -0.15) is 0 Å². The maximum Gasteiger partial charge on any atom is 0.0713 e. The smallest absolute Gasteiger partial charge is 0.0713 e. The quantitative estimate of drug-likeness (QED) is 0.147. The van der Waals surface area contributed by atoms with Crippen LogP contribution in [0.25, 0.3) is 72.0 Å². The van der Waals surface area contributed by atoms with Gasteiger partial charge in [-0.25, -0.2) is 0 Å². The van der Waals surface area contributed by atoms with Crippen molar-refractivity contribution in [1.82, 2.24) is 4.57 Å². The highest BCUT2D eigenvalue weighted by atomic mass is 15.1. The molecule has 2 aliphatic carbocycles. The van der Waals surface area contributed by atoms with Crippen molar-refractivity contribution in [3.63, 3.8) is 0 Å². The van der Waals surface area contributed by atoms with E-state index in [0.717, 1.165) is 17.1 Å². The molecule has 1 aromatic heterocycles. The molecule has 340 valence electrons. The highest BCUT2D eigenvalue weighted by molar-refractivity contribution is 6.09. The van der Waals surface area contributed by atoms with Crippen molar-refractivity contribution in [2.24, 2.45) is 0 Å². The van der Waals surface area contributed by atoms with E-state index in [1.54, 1.807) is 0 Å². The van der Waals surface area contributed by atoms with Crippen molar-refractivity contribution in [2.75, 3.05) is 4.90 Å². The maximum absolute atomic E-state index is 2.51.